The monoisotopic (exact) mass is 427 g/mol. The van der Waals surface area contributed by atoms with E-state index in [0.717, 1.165) is 35.4 Å². The third-order valence-electron chi connectivity index (χ3n) is 4.74. The van der Waals surface area contributed by atoms with Gasteiger partial charge in [0, 0.05) is 30.5 Å². The molecule has 0 saturated carbocycles. The van der Waals surface area contributed by atoms with Crippen LogP contribution in [0.2, 0.25) is 0 Å². The van der Waals surface area contributed by atoms with Crippen molar-refractivity contribution in [2.75, 3.05) is 43.1 Å². The summed E-state index contributed by atoms with van der Waals surface area (Å²) in [5.74, 6) is 0.255. The molecule has 0 bridgehead atoms. The Bertz CT molecular complexity index is 992. The van der Waals surface area contributed by atoms with E-state index in [1.165, 1.54) is 6.08 Å². The maximum Gasteiger partial charge on any atom is 0.294 e. The highest BCUT2D eigenvalue weighted by Gasteiger charge is 2.36. The molecule has 2 aromatic rings. The molecule has 0 spiro atoms. The number of carbonyl (C=O) groups is 3. The van der Waals surface area contributed by atoms with Crippen molar-refractivity contribution in [2.45, 2.75) is 6.92 Å². The quantitative estimate of drug-likeness (QED) is 0.733. The Hall–Kier alpha value is -3.04. The van der Waals surface area contributed by atoms with E-state index < -0.39 is 17.1 Å². The normalized spacial score (nSPS) is 18.4. The molecule has 2 saturated heterocycles. The minimum absolute atomic E-state index is 0.233. The molecule has 0 aliphatic carbocycles. The Morgan fingerprint density at radius 3 is 2.53 bits per heavy atom. The van der Waals surface area contributed by atoms with Gasteiger partial charge in [-0.25, -0.2) is 0 Å². The minimum atomic E-state index is -0.503. The molecule has 9 heteroatoms. The lowest BCUT2D eigenvalue weighted by Gasteiger charge is -2.28. The number of imide groups is 1. The fourth-order valence-corrected chi connectivity index (χ4v) is 4.04. The number of nitrogens with one attached hydrogen (secondary N) is 1. The first-order chi connectivity index (χ1) is 14.5. The van der Waals surface area contributed by atoms with Crippen molar-refractivity contribution in [1.29, 1.82) is 0 Å². The molecular weight excluding hydrogens is 406 g/mol. The van der Waals surface area contributed by atoms with Gasteiger partial charge in [-0.15, -0.1) is 0 Å². The highest BCUT2D eigenvalue weighted by atomic mass is 32.2. The molecule has 1 aromatic carbocycles. The van der Waals surface area contributed by atoms with Crippen molar-refractivity contribution in [3.8, 4) is 0 Å². The number of aryl methyl sites for hydroxylation is 1. The van der Waals surface area contributed by atoms with Gasteiger partial charge in [-0.05, 0) is 55.1 Å². The molecule has 2 fully saturated rings. The van der Waals surface area contributed by atoms with Gasteiger partial charge in [0.2, 0.25) is 5.91 Å². The van der Waals surface area contributed by atoms with Crippen LogP contribution in [0.4, 0.5) is 16.2 Å². The first kappa shape index (κ1) is 20.2. The van der Waals surface area contributed by atoms with Crippen LogP contribution in [0.1, 0.15) is 11.5 Å². The maximum absolute atomic E-state index is 12.5. The number of carbonyl (C=O) groups excluding carboxylic acids is 3. The second kappa shape index (κ2) is 8.76. The highest BCUT2D eigenvalue weighted by molar-refractivity contribution is 8.18. The zero-order valence-electron chi connectivity index (χ0n) is 16.4. The first-order valence-corrected chi connectivity index (χ1v) is 10.4. The molecule has 0 atom stereocenters. The van der Waals surface area contributed by atoms with E-state index in [-0.39, 0.29) is 11.4 Å². The molecule has 1 N–H and O–H groups in total. The van der Waals surface area contributed by atoms with Gasteiger partial charge in [-0.1, -0.05) is 0 Å². The second-order valence-corrected chi connectivity index (χ2v) is 7.90. The standard InChI is InChI=1S/C21H21N3O5S/c1-14-2-7-17(29-14)12-18-20(26)24(21(27)30-18)13-19(25)22-15-3-5-16(6-4-15)23-8-10-28-11-9-23/h2-7,12H,8-11,13H2,1H3,(H,22,25)/b18-12+. The van der Waals surface area contributed by atoms with Gasteiger partial charge in [0.25, 0.3) is 11.1 Å². The fraction of sp³-hybridized carbons (Fsp3) is 0.286. The topological polar surface area (TPSA) is 92.1 Å². The Kier molecular flexibility index (Phi) is 5.91. The summed E-state index contributed by atoms with van der Waals surface area (Å²) in [5, 5.41) is 2.25. The van der Waals surface area contributed by atoms with E-state index >= 15 is 0 Å². The molecule has 0 unspecified atom stereocenters. The molecule has 1 aromatic heterocycles. The Labute approximate surface area is 177 Å². The summed E-state index contributed by atoms with van der Waals surface area (Å²) >= 11 is 0.795. The first-order valence-electron chi connectivity index (χ1n) is 9.54. The Morgan fingerprint density at radius 2 is 1.87 bits per heavy atom. The van der Waals surface area contributed by atoms with E-state index in [1.807, 2.05) is 12.1 Å². The van der Waals surface area contributed by atoms with Gasteiger partial charge in [0.1, 0.15) is 18.1 Å². The van der Waals surface area contributed by atoms with Gasteiger partial charge >= 0.3 is 0 Å². The SMILES string of the molecule is Cc1ccc(/C=C2/SC(=O)N(CC(=O)Nc3ccc(N4CCOCC4)cc3)C2=O)o1. The van der Waals surface area contributed by atoms with E-state index in [2.05, 4.69) is 10.2 Å². The van der Waals surface area contributed by atoms with Crippen molar-refractivity contribution >= 4 is 46.3 Å². The molecule has 30 heavy (non-hydrogen) atoms. The smallest absolute Gasteiger partial charge is 0.294 e. The van der Waals surface area contributed by atoms with Gasteiger partial charge in [0.05, 0.1) is 18.1 Å². The van der Waals surface area contributed by atoms with Gasteiger partial charge in [0.15, 0.2) is 0 Å². The van der Waals surface area contributed by atoms with Crippen LogP contribution in [0.15, 0.2) is 45.7 Å². The van der Waals surface area contributed by atoms with Crippen LogP contribution in [0, 0.1) is 6.92 Å². The second-order valence-electron chi connectivity index (χ2n) is 6.91. The lowest BCUT2D eigenvalue weighted by molar-refractivity contribution is -0.127. The van der Waals surface area contributed by atoms with Gasteiger partial charge < -0.3 is 19.4 Å². The summed E-state index contributed by atoms with van der Waals surface area (Å²) in [7, 11) is 0. The number of furan rings is 1. The van der Waals surface area contributed by atoms with E-state index in [1.54, 1.807) is 31.2 Å². The predicted molar refractivity (Wildman–Crippen MR) is 114 cm³/mol. The maximum atomic E-state index is 12.5. The number of rotatable bonds is 5. The van der Waals surface area contributed by atoms with Crippen LogP contribution in [0.5, 0.6) is 0 Å². The number of anilines is 2. The summed E-state index contributed by atoms with van der Waals surface area (Å²) in [6.07, 6.45) is 1.51. The van der Waals surface area contributed by atoms with E-state index in [9.17, 15) is 14.4 Å². The number of nitrogens with zero attached hydrogens (tertiary/aromatic N) is 2. The van der Waals surface area contributed by atoms with Gasteiger partial charge in [-0.3, -0.25) is 19.3 Å². The van der Waals surface area contributed by atoms with E-state index in [4.69, 9.17) is 9.15 Å². The highest BCUT2D eigenvalue weighted by Crippen LogP contribution is 2.32. The molecule has 156 valence electrons. The van der Waals surface area contributed by atoms with Crippen LogP contribution in [0.25, 0.3) is 6.08 Å². The zero-order valence-corrected chi connectivity index (χ0v) is 17.2. The zero-order chi connectivity index (χ0) is 21.1. The number of hydrogen-bond acceptors (Lipinski definition) is 7. The van der Waals surface area contributed by atoms with Crippen LogP contribution in [-0.4, -0.2) is 54.8 Å². The molecule has 2 aliphatic heterocycles. The summed E-state index contributed by atoms with van der Waals surface area (Å²) < 4.78 is 10.8. The molecule has 4 rings (SSSR count). The number of benzene rings is 1. The van der Waals surface area contributed by atoms with Crippen LogP contribution < -0.4 is 10.2 Å². The van der Waals surface area contributed by atoms with Crippen molar-refractivity contribution in [1.82, 2.24) is 4.90 Å². The third-order valence-corrected chi connectivity index (χ3v) is 5.64. The Balaban J connectivity index is 1.36. The number of ether oxygens (including phenoxy) is 1. The van der Waals surface area contributed by atoms with Crippen molar-refractivity contribution < 1.29 is 23.5 Å². The number of hydrogen-bond donors (Lipinski definition) is 1. The van der Waals surface area contributed by atoms with E-state index in [0.29, 0.717) is 30.4 Å². The Morgan fingerprint density at radius 1 is 1.13 bits per heavy atom. The van der Waals surface area contributed by atoms with Crippen molar-refractivity contribution in [2.24, 2.45) is 0 Å². The molecular formula is C21H21N3O5S. The average molecular weight is 427 g/mol. The fourth-order valence-electron chi connectivity index (χ4n) is 3.22. The number of morpholine rings is 1. The average Bonchev–Trinajstić information content (AvgIpc) is 3.27. The summed E-state index contributed by atoms with van der Waals surface area (Å²) in [6, 6.07) is 10.9. The molecule has 2 aliphatic rings. The summed E-state index contributed by atoms with van der Waals surface area (Å²) in [6.45, 7) is 4.51. The number of thioether (sulfide) groups is 1. The molecule has 3 heterocycles. The van der Waals surface area contributed by atoms with Crippen LogP contribution >= 0.6 is 11.8 Å². The largest absolute Gasteiger partial charge is 0.462 e. The van der Waals surface area contributed by atoms with Gasteiger partial charge in [-0.2, -0.15) is 0 Å². The third kappa shape index (κ3) is 4.58. The lowest BCUT2D eigenvalue weighted by atomic mass is 10.2. The van der Waals surface area contributed by atoms with Crippen LogP contribution in [-0.2, 0) is 14.3 Å². The summed E-state index contributed by atoms with van der Waals surface area (Å²) in [4.78, 5) is 40.5. The lowest BCUT2D eigenvalue weighted by Crippen LogP contribution is -2.36. The van der Waals surface area contributed by atoms with Crippen molar-refractivity contribution in [3.05, 3.63) is 52.8 Å². The van der Waals surface area contributed by atoms with Crippen LogP contribution in [0.3, 0.4) is 0 Å². The number of amides is 3. The predicted octanol–water partition coefficient (Wildman–Crippen LogP) is 3.10. The molecule has 0 radical (unpaired) electrons. The minimum Gasteiger partial charge on any atom is -0.462 e. The van der Waals surface area contributed by atoms with Crippen molar-refractivity contribution in [3.63, 3.8) is 0 Å². The molecule has 8 nitrogen and oxygen atoms in total. The summed E-state index contributed by atoms with van der Waals surface area (Å²) in [5.41, 5.74) is 1.66. The molecule has 3 amide bonds.